The van der Waals surface area contributed by atoms with Gasteiger partial charge in [-0.1, -0.05) is 23.7 Å². The first kappa shape index (κ1) is 14.4. The van der Waals surface area contributed by atoms with E-state index < -0.39 is 0 Å². The Balaban J connectivity index is 2.13. The monoisotopic (exact) mass is 280 g/mol. The Morgan fingerprint density at radius 3 is 2.95 bits per heavy atom. The highest BCUT2D eigenvalue weighted by Crippen LogP contribution is 2.29. The third-order valence-electron chi connectivity index (χ3n) is 3.47. The molecule has 19 heavy (non-hydrogen) atoms. The van der Waals surface area contributed by atoms with Crippen LogP contribution < -0.4 is 5.32 Å². The largest absolute Gasteiger partial charge is 0.356 e. The third-order valence-corrected chi connectivity index (χ3v) is 3.66. The maximum atomic E-state index is 5.66. The summed E-state index contributed by atoms with van der Waals surface area (Å²) in [7, 11) is 0. The molecule has 3 nitrogen and oxygen atoms in total. The molecule has 2 rings (SSSR count). The number of aromatic nitrogens is 1. The van der Waals surface area contributed by atoms with Crippen LogP contribution in [0.4, 0.5) is 0 Å². The van der Waals surface area contributed by atoms with Gasteiger partial charge in [0.15, 0.2) is 5.58 Å². The molecule has 1 unspecified atom stereocenters. The van der Waals surface area contributed by atoms with Crippen molar-refractivity contribution in [3.8, 4) is 0 Å². The number of benzene rings is 1. The Kier molecular flexibility index (Phi) is 5.23. The van der Waals surface area contributed by atoms with Crippen molar-refractivity contribution in [3.05, 3.63) is 29.5 Å². The molecule has 1 heterocycles. The summed E-state index contributed by atoms with van der Waals surface area (Å²) < 4.78 is 5.42. The van der Waals surface area contributed by atoms with Gasteiger partial charge in [0.2, 0.25) is 0 Å². The van der Waals surface area contributed by atoms with Crippen LogP contribution in [0, 0.1) is 6.92 Å². The number of aryl methyl sites for hydroxylation is 1. The molecule has 0 bridgehead atoms. The number of nitrogens with one attached hydrogen (secondary N) is 1. The zero-order valence-electron chi connectivity index (χ0n) is 11.6. The van der Waals surface area contributed by atoms with E-state index in [1.54, 1.807) is 0 Å². The van der Waals surface area contributed by atoms with E-state index in [1.165, 1.54) is 5.56 Å². The third kappa shape index (κ3) is 3.48. The van der Waals surface area contributed by atoms with Gasteiger partial charge in [-0.3, -0.25) is 0 Å². The lowest BCUT2D eigenvalue weighted by Gasteiger charge is -2.12. The average Bonchev–Trinajstić information content (AvgIpc) is 2.82. The summed E-state index contributed by atoms with van der Waals surface area (Å²) in [5.74, 6) is 1.09. The van der Waals surface area contributed by atoms with Crippen molar-refractivity contribution in [2.24, 2.45) is 0 Å². The Morgan fingerprint density at radius 2 is 2.21 bits per heavy atom. The standard InChI is InChI=1S/C15H21ClN2O/c1-3-12(6-8-17-9-7-16)15-13-10-11(2)4-5-14(13)19-18-15/h4-5,10,12,17H,3,6-9H2,1-2H3. The number of hydrogen-bond acceptors (Lipinski definition) is 3. The molecule has 2 aromatic rings. The molecule has 0 radical (unpaired) electrons. The normalized spacial score (nSPS) is 13.0. The molecule has 1 atom stereocenters. The van der Waals surface area contributed by atoms with Gasteiger partial charge in [-0.15, -0.1) is 11.6 Å². The number of nitrogens with zero attached hydrogens (tertiary/aromatic N) is 1. The molecule has 0 amide bonds. The van der Waals surface area contributed by atoms with Gasteiger partial charge in [0, 0.05) is 23.7 Å². The Bertz CT molecular complexity index is 524. The van der Waals surface area contributed by atoms with Crippen molar-refractivity contribution in [1.82, 2.24) is 10.5 Å². The molecular formula is C15H21ClN2O. The van der Waals surface area contributed by atoms with Crippen molar-refractivity contribution in [3.63, 3.8) is 0 Å². The lowest BCUT2D eigenvalue weighted by atomic mass is 9.95. The Morgan fingerprint density at radius 1 is 1.37 bits per heavy atom. The van der Waals surface area contributed by atoms with Crippen LogP contribution in [-0.4, -0.2) is 24.1 Å². The van der Waals surface area contributed by atoms with Gasteiger partial charge in [-0.05, 0) is 38.4 Å². The van der Waals surface area contributed by atoms with Crippen LogP contribution in [-0.2, 0) is 0 Å². The van der Waals surface area contributed by atoms with E-state index in [2.05, 4.69) is 36.5 Å². The predicted molar refractivity (Wildman–Crippen MR) is 80.0 cm³/mol. The topological polar surface area (TPSA) is 38.1 Å². The molecule has 4 heteroatoms. The number of hydrogen-bond donors (Lipinski definition) is 1. The molecule has 0 saturated heterocycles. The second kappa shape index (κ2) is 6.92. The summed E-state index contributed by atoms with van der Waals surface area (Å²) in [5.41, 5.74) is 3.22. The van der Waals surface area contributed by atoms with Gasteiger partial charge in [0.1, 0.15) is 0 Å². The average molecular weight is 281 g/mol. The molecule has 0 aliphatic rings. The zero-order chi connectivity index (χ0) is 13.7. The summed E-state index contributed by atoms with van der Waals surface area (Å²) in [6.07, 6.45) is 2.13. The minimum absolute atomic E-state index is 0.436. The molecule has 1 N–H and O–H groups in total. The fourth-order valence-electron chi connectivity index (χ4n) is 2.37. The maximum absolute atomic E-state index is 5.66. The highest BCUT2D eigenvalue weighted by Gasteiger charge is 2.17. The van der Waals surface area contributed by atoms with Crippen LogP contribution >= 0.6 is 11.6 Å². The smallest absolute Gasteiger partial charge is 0.167 e. The van der Waals surface area contributed by atoms with Gasteiger partial charge in [-0.25, -0.2) is 0 Å². The summed E-state index contributed by atoms with van der Waals surface area (Å²) in [6, 6.07) is 6.22. The summed E-state index contributed by atoms with van der Waals surface area (Å²) in [5, 5.41) is 8.77. The first-order chi connectivity index (χ1) is 9.26. The highest BCUT2D eigenvalue weighted by atomic mass is 35.5. The van der Waals surface area contributed by atoms with E-state index in [0.717, 1.165) is 42.6 Å². The molecule has 104 valence electrons. The van der Waals surface area contributed by atoms with E-state index in [-0.39, 0.29) is 0 Å². The molecule has 1 aromatic heterocycles. The second-order valence-corrected chi connectivity index (χ2v) is 5.28. The van der Waals surface area contributed by atoms with Crippen LogP contribution in [0.5, 0.6) is 0 Å². The van der Waals surface area contributed by atoms with E-state index in [0.29, 0.717) is 11.8 Å². The van der Waals surface area contributed by atoms with Crippen LogP contribution in [0.15, 0.2) is 22.7 Å². The van der Waals surface area contributed by atoms with Gasteiger partial charge >= 0.3 is 0 Å². The maximum Gasteiger partial charge on any atom is 0.167 e. The number of alkyl halides is 1. The lowest BCUT2D eigenvalue weighted by Crippen LogP contribution is -2.19. The number of rotatable bonds is 7. The van der Waals surface area contributed by atoms with Crippen LogP contribution in [0.25, 0.3) is 11.0 Å². The van der Waals surface area contributed by atoms with Gasteiger partial charge in [0.25, 0.3) is 0 Å². The molecular weight excluding hydrogens is 260 g/mol. The molecule has 0 saturated carbocycles. The van der Waals surface area contributed by atoms with E-state index in [4.69, 9.17) is 16.1 Å². The van der Waals surface area contributed by atoms with E-state index >= 15 is 0 Å². The SMILES string of the molecule is CCC(CCNCCCl)c1noc2ccc(C)cc12. The summed E-state index contributed by atoms with van der Waals surface area (Å²) in [6.45, 7) is 6.11. The number of fused-ring (bicyclic) bond motifs is 1. The minimum atomic E-state index is 0.436. The van der Waals surface area contributed by atoms with E-state index in [9.17, 15) is 0 Å². The van der Waals surface area contributed by atoms with Crippen LogP contribution in [0.1, 0.15) is 36.9 Å². The zero-order valence-corrected chi connectivity index (χ0v) is 12.3. The van der Waals surface area contributed by atoms with Crippen LogP contribution in [0.2, 0.25) is 0 Å². The molecule has 0 aliphatic carbocycles. The Labute approximate surface area is 119 Å². The molecule has 0 aliphatic heterocycles. The first-order valence-electron chi connectivity index (χ1n) is 6.88. The minimum Gasteiger partial charge on any atom is -0.356 e. The van der Waals surface area contributed by atoms with Crippen molar-refractivity contribution >= 4 is 22.6 Å². The van der Waals surface area contributed by atoms with Crippen LogP contribution in [0.3, 0.4) is 0 Å². The van der Waals surface area contributed by atoms with E-state index in [1.807, 2.05) is 6.07 Å². The quantitative estimate of drug-likeness (QED) is 0.618. The predicted octanol–water partition coefficient (Wildman–Crippen LogP) is 3.85. The van der Waals surface area contributed by atoms with Gasteiger partial charge < -0.3 is 9.84 Å². The summed E-state index contributed by atoms with van der Waals surface area (Å²) >= 11 is 5.66. The second-order valence-electron chi connectivity index (χ2n) is 4.90. The summed E-state index contributed by atoms with van der Waals surface area (Å²) in [4.78, 5) is 0. The molecule has 0 fully saturated rings. The fraction of sp³-hybridized carbons (Fsp3) is 0.533. The molecule has 1 aromatic carbocycles. The number of halogens is 1. The van der Waals surface area contributed by atoms with Gasteiger partial charge in [-0.2, -0.15) is 0 Å². The lowest BCUT2D eigenvalue weighted by molar-refractivity contribution is 0.428. The van der Waals surface area contributed by atoms with Crippen molar-refractivity contribution < 1.29 is 4.52 Å². The van der Waals surface area contributed by atoms with Gasteiger partial charge in [0.05, 0.1) is 5.69 Å². The fourth-order valence-corrected chi connectivity index (χ4v) is 2.50. The van der Waals surface area contributed by atoms with Crippen molar-refractivity contribution in [2.75, 3.05) is 19.0 Å². The Hall–Kier alpha value is -1.06. The molecule has 0 spiro atoms. The highest BCUT2D eigenvalue weighted by molar-refractivity contribution is 6.18. The van der Waals surface area contributed by atoms with Crippen molar-refractivity contribution in [2.45, 2.75) is 32.6 Å². The first-order valence-corrected chi connectivity index (χ1v) is 7.42. The van der Waals surface area contributed by atoms with Crippen molar-refractivity contribution in [1.29, 1.82) is 0 Å².